The minimum Gasteiger partial charge on any atom is -0.207 e. The summed E-state index contributed by atoms with van der Waals surface area (Å²) in [6.45, 7) is 0. The summed E-state index contributed by atoms with van der Waals surface area (Å²) in [4.78, 5) is -1.98. The first kappa shape index (κ1) is 15.1. The van der Waals surface area contributed by atoms with Crippen molar-refractivity contribution in [1.29, 1.82) is 5.26 Å². The van der Waals surface area contributed by atoms with Crippen LogP contribution >= 0.6 is 22.4 Å². The monoisotopic (exact) mass is 319 g/mol. The third-order valence-corrected chi connectivity index (χ3v) is 3.79. The van der Waals surface area contributed by atoms with Crippen LogP contribution in [0.25, 0.3) is 0 Å². The first-order chi connectivity index (χ1) is 8.06. The Labute approximate surface area is 108 Å². The molecule has 0 N–H and O–H groups in total. The summed E-state index contributed by atoms with van der Waals surface area (Å²) in [5.41, 5.74) is -5.70. The van der Waals surface area contributed by atoms with Crippen molar-refractivity contribution in [1.82, 2.24) is 0 Å². The maximum Gasteiger partial charge on any atom is 0.446 e. The number of rotatable bonds is 2. The highest BCUT2D eigenvalue weighted by Crippen LogP contribution is 2.40. The second kappa shape index (κ2) is 4.95. The summed E-state index contributed by atoms with van der Waals surface area (Å²) < 4.78 is 71.8. The smallest absolute Gasteiger partial charge is 0.207 e. The van der Waals surface area contributed by atoms with Gasteiger partial charge < -0.3 is 0 Å². The molecule has 0 radical (unpaired) electrons. The molecule has 0 aliphatic rings. The van der Waals surface area contributed by atoms with E-state index in [4.69, 9.17) is 15.9 Å². The molecule has 0 spiro atoms. The quantitative estimate of drug-likeness (QED) is 0.477. The van der Waals surface area contributed by atoms with Crippen LogP contribution in [-0.2, 0) is 9.05 Å². The summed E-state index contributed by atoms with van der Waals surface area (Å²) in [7, 11) is 0.221. The van der Waals surface area contributed by atoms with Gasteiger partial charge in [0.2, 0.25) is 0 Å². The molecule has 0 heterocycles. The molecule has 0 saturated carbocycles. The number of nitriles is 1. The van der Waals surface area contributed by atoms with Gasteiger partial charge in [-0.25, -0.2) is 12.8 Å². The van der Waals surface area contributed by atoms with Crippen LogP contribution in [0.3, 0.4) is 0 Å². The van der Waals surface area contributed by atoms with Gasteiger partial charge in [-0.3, -0.25) is 0 Å². The van der Waals surface area contributed by atoms with Crippen LogP contribution in [0.2, 0.25) is 0 Å². The van der Waals surface area contributed by atoms with Crippen molar-refractivity contribution >= 4 is 31.5 Å². The minimum atomic E-state index is -4.74. The van der Waals surface area contributed by atoms with Crippen molar-refractivity contribution in [3.05, 3.63) is 23.5 Å². The van der Waals surface area contributed by atoms with E-state index in [1.807, 2.05) is 0 Å². The van der Waals surface area contributed by atoms with Crippen molar-refractivity contribution in [2.75, 3.05) is 0 Å². The lowest BCUT2D eigenvalue weighted by molar-refractivity contribution is -0.0328. The fourth-order valence-electron chi connectivity index (χ4n) is 1.09. The molecule has 0 aliphatic carbocycles. The fourth-order valence-corrected chi connectivity index (χ4v) is 2.95. The molecule has 10 heteroatoms. The Balaban J connectivity index is 3.56. The molecule has 0 saturated heterocycles. The first-order valence-corrected chi connectivity index (χ1v) is 7.12. The number of thioether (sulfide) groups is 1. The molecular formula is C8H2ClF4NO2S2. The molecule has 0 unspecified atom stereocenters. The number of nitrogens with zero attached hydrogens (tertiary/aromatic N) is 1. The number of halogens is 5. The lowest BCUT2D eigenvalue weighted by Gasteiger charge is -2.09. The van der Waals surface area contributed by atoms with Gasteiger partial charge in [-0.05, 0) is 23.9 Å². The summed E-state index contributed by atoms with van der Waals surface area (Å²) in [5, 5.41) is 8.66. The number of benzene rings is 1. The molecule has 3 nitrogen and oxygen atoms in total. The van der Waals surface area contributed by atoms with Crippen molar-refractivity contribution < 1.29 is 26.0 Å². The summed E-state index contributed by atoms with van der Waals surface area (Å²) >= 11 is -0.721. The van der Waals surface area contributed by atoms with Gasteiger partial charge in [0.05, 0.1) is 5.56 Å². The highest BCUT2D eigenvalue weighted by atomic mass is 35.7. The number of hydrogen-bond donors (Lipinski definition) is 0. The highest BCUT2D eigenvalue weighted by molar-refractivity contribution is 8.13. The van der Waals surface area contributed by atoms with Crippen molar-refractivity contribution in [2.45, 2.75) is 15.3 Å². The Morgan fingerprint density at radius 1 is 1.33 bits per heavy atom. The molecule has 18 heavy (non-hydrogen) atoms. The topological polar surface area (TPSA) is 57.9 Å². The van der Waals surface area contributed by atoms with E-state index in [0.717, 1.165) is 0 Å². The van der Waals surface area contributed by atoms with E-state index in [2.05, 4.69) is 0 Å². The Morgan fingerprint density at radius 2 is 1.89 bits per heavy atom. The van der Waals surface area contributed by atoms with Gasteiger partial charge >= 0.3 is 5.51 Å². The van der Waals surface area contributed by atoms with E-state index in [-0.39, 0.29) is 0 Å². The van der Waals surface area contributed by atoms with Crippen LogP contribution in [0.4, 0.5) is 17.6 Å². The molecule has 98 valence electrons. The van der Waals surface area contributed by atoms with Crippen LogP contribution in [0, 0.1) is 17.1 Å². The summed E-state index contributed by atoms with van der Waals surface area (Å²) in [6.07, 6.45) is 0. The van der Waals surface area contributed by atoms with Crippen molar-refractivity contribution in [2.24, 2.45) is 0 Å². The SMILES string of the molecule is N#Cc1c(SC(F)(F)F)ccc(F)c1S(=O)(=O)Cl. The molecule has 1 aromatic carbocycles. The lowest BCUT2D eigenvalue weighted by atomic mass is 10.2. The predicted octanol–water partition coefficient (Wildman–Crippen LogP) is 3.24. The molecule has 1 rings (SSSR count). The maximum atomic E-state index is 13.2. The zero-order valence-electron chi connectivity index (χ0n) is 8.12. The Bertz CT molecular complexity index is 621. The fraction of sp³-hybridized carbons (Fsp3) is 0.125. The van der Waals surface area contributed by atoms with E-state index in [0.29, 0.717) is 12.1 Å². The van der Waals surface area contributed by atoms with E-state index in [1.54, 1.807) is 0 Å². The molecule has 0 fully saturated rings. The van der Waals surface area contributed by atoms with Crippen LogP contribution < -0.4 is 0 Å². The first-order valence-electron chi connectivity index (χ1n) is 3.99. The van der Waals surface area contributed by atoms with Crippen LogP contribution in [0.1, 0.15) is 5.56 Å². The molecule has 0 aromatic heterocycles. The van der Waals surface area contributed by atoms with Crippen LogP contribution in [0.15, 0.2) is 21.9 Å². The van der Waals surface area contributed by atoms with Crippen molar-refractivity contribution in [3.8, 4) is 6.07 Å². The maximum absolute atomic E-state index is 13.2. The number of alkyl halides is 3. The Hall–Kier alpha value is -0.980. The largest absolute Gasteiger partial charge is 0.446 e. The van der Waals surface area contributed by atoms with Gasteiger partial charge in [0.1, 0.15) is 16.8 Å². The third-order valence-electron chi connectivity index (χ3n) is 1.65. The Kier molecular flexibility index (Phi) is 4.15. The Morgan fingerprint density at radius 3 is 2.28 bits per heavy atom. The minimum absolute atomic E-state index is 0.504. The molecular weight excluding hydrogens is 318 g/mol. The van der Waals surface area contributed by atoms with Crippen LogP contribution in [-0.4, -0.2) is 13.9 Å². The standard InChI is InChI=1S/C8H2ClF4NO2S2/c9-18(15,16)7-4(3-14)6(2-1-5(7)10)17-8(11,12)13/h1-2H. The van der Waals surface area contributed by atoms with Gasteiger partial charge in [0.25, 0.3) is 9.05 Å². The highest BCUT2D eigenvalue weighted by Gasteiger charge is 2.33. The molecule has 1 aromatic rings. The van der Waals surface area contributed by atoms with Gasteiger partial charge in [0, 0.05) is 15.6 Å². The average Bonchev–Trinajstić information content (AvgIpc) is 2.16. The van der Waals surface area contributed by atoms with E-state index < -0.39 is 47.5 Å². The van der Waals surface area contributed by atoms with Gasteiger partial charge in [0.15, 0.2) is 0 Å². The normalized spacial score (nSPS) is 12.2. The van der Waals surface area contributed by atoms with Crippen molar-refractivity contribution in [3.63, 3.8) is 0 Å². The second-order valence-electron chi connectivity index (χ2n) is 2.85. The zero-order chi connectivity index (χ0) is 14.1. The van der Waals surface area contributed by atoms with E-state index in [9.17, 15) is 26.0 Å². The molecule has 0 bridgehead atoms. The summed E-state index contributed by atoms with van der Waals surface area (Å²) in [5.74, 6) is -1.38. The number of hydrogen-bond acceptors (Lipinski definition) is 4. The van der Waals surface area contributed by atoms with E-state index >= 15 is 0 Å². The van der Waals surface area contributed by atoms with E-state index in [1.165, 1.54) is 6.07 Å². The van der Waals surface area contributed by atoms with Gasteiger partial charge in [-0.15, -0.1) is 0 Å². The summed E-state index contributed by atoms with van der Waals surface area (Å²) in [6, 6.07) is 2.38. The third kappa shape index (κ3) is 3.51. The van der Waals surface area contributed by atoms with Gasteiger partial charge in [-0.1, -0.05) is 0 Å². The van der Waals surface area contributed by atoms with Crippen LogP contribution in [0.5, 0.6) is 0 Å². The van der Waals surface area contributed by atoms with Gasteiger partial charge in [-0.2, -0.15) is 18.4 Å². The molecule has 0 amide bonds. The molecule has 0 atom stereocenters. The lowest BCUT2D eigenvalue weighted by Crippen LogP contribution is -2.05. The second-order valence-corrected chi connectivity index (χ2v) is 6.46. The average molecular weight is 320 g/mol. The predicted molar refractivity (Wildman–Crippen MR) is 56.1 cm³/mol. The zero-order valence-corrected chi connectivity index (χ0v) is 10.5. The molecule has 0 aliphatic heterocycles.